The molecule has 0 aromatic rings. The molecule has 0 radical (unpaired) electrons. The summed E-state index contributed by atoms with van der Waals surface area (Å²) in [5.41, 5.74) is 1.49. The maximum atomic E-state index is 11.0. The van der Waals surface area contributed by atoms with Gasteiger partial charge in [0.1, 0.15) is 0 Å². The number of hydrogen-bond donors (Lipinski definition) is 2. The van der Waals surface area contributed by atoms with Crippen LogP contribution in [0.5, 0.6) is 0 Å². The van der Waals surface area contributed by atoms with E-state index in [-0.39, 0.29) is 22.6 Å². The van der Waals surface area contributed by atoms with Crippen molar-refractivity contribution >= 4 is 6.21 Å². The van der Waals surface area contributed by atoms with E-state index in [1.54, 1.807) is 18.4 Å². The van der Waals surface area contributed by atoms with Crippen LogP contribution >= 0.6 is 0 Å². The van der Waals surface area contributed by atoms with Gasteiger partial charge in [0.25, 0.3) is 5.70 Å². The molecule has 111 valence electrons. The van der Waals surface area contributed by atoms with Gasteiger partial charge < -0.3 is 5.32 Å². The number of dihydropyridines is 1. The number of hydrogen-bond acceptors (Lipinski definition) is 4. The summed E-state index contributed by atoms with van der Waals surface area (Å²) in [6.07, 6.45) is 10.8. The molecular formula is C12H12N3O5V-. The van der Waals surface area contributed by atoms with Crippen molar-refractivity contribution < 1.29 is 32.5 Å². The Kier molecular flexibility index (Phi) is 4.97. The zero-order valence-electron chi connectivity index (χ0n) is 10.7. The van der Waals surface area contributed by atoms with Crippen LogP contribution in [0.4, 0.5) is 0 Å². The normalized spacial score (nSPS) is 25.0. The molecule has 3 rings (SSSR count). The van der Waals surface area contributed by atoms with E-state index in [9.17, 15) is 10.1 Å². The van der Waals surface area contributed by atoms with Gasteiger partial charge in [0, 0.05) is 23.8 Å². The van der Waals surface area contributed by atoms with Gasteiger partial charge in [0.05, 0.1) is 11.0 Å². The molecule has 0 aromatic heterocycles. The molecule has 0 bridgehead atoms. The van der Waals surface area contributed by atoms with Gasteiger partial charge in [-0.3, -0.25) is 15.1 Å². The Morgan fingerprint density at radius 1 is 1.48 bits per heavy atom. The van der Waals surface area contributed by atoms with Crippen LogP contribution in [0.3, 0.4) is 0 Å². The van der Waals surface area contributed by atoms with Gasteiger partial charge in [-0.15, -0.1) is 18.3 Å². The molecule has 3 aliphatic rings. The molecule has 9 heteroatoms. The molecule has 8 nitrogen and oxygen atoms in total. The summed E-state index contributed by atoms with van der Waals surface area (Å²) in [5, 5.41) is 15.4. The molecule has 1 aliphatic carbocycles. The first-order valence-electron chi connectivity index (χ1n) is 6.00. The van der Waals surface area contributed by atoms with E-state index < -0.39 is 15.8 Å². The fourth-order valence-electron chi connectivity index (χ4n) is 2.32. The summed E-state index contributed by atoms with van der Waals surface area (Å²) in [7, 11) is 0. The van der Waals surface area contributed by atoms with Gasteiger partial charge in [0.15, 0.2) is 0 Å². The van der Waals surface area contributed by atoms with E-state index in [4.69, 9.17) is 11.7 Å². The molecule has 0 aromatic carbocycles. The predicted octanol–water partition coefficient (Wildman–Crippen LogP) is 0.748. The standard InChI is InChI=1S/C12H10N3O2.2H2O.O.V/c16-15(17)10-7-8-3-1-5-13-11(8)12-9(10)4-2-6-14-12;;;;/h1-5,7-8,11H,6H2;2*1H2;;/q-1;;;;+2/p-2. The number of nitrogens with zero attached hydrogens (tertiary/aromatic N) is 3. The van der Waals surface area contributed by atoms with Gasteiger partial charge in [-0.2, -0.15) is 0 Å². The van der Waals surface area contributed by atoms with Crippen molar-refractivity contribution in [2.45, 2.75) is 6.04 Å². The molecule has 21 heavy (non-hydrogen) atoms. The minimum absolute atomic E-state index is 0.0469. The Bertz CT molecular complexity index is 616. The predicted molar refractivity (Wildman–Crippen MR) is 69.5 cm³/mol. The van der Waals surface area contributed by atoms with Crippen molar-refractivity contribution in [2.24, 2.45) is 10.9 Å². The second kappa shape index (κ2) is 6.73. The zero-order valence-corrected chi connectivity index (χ0v) is 12.1. The van der Waals surface area contributed by atoms with E-state index >= 15 is 0 Å². The summed E-state index contributed by atoms with van der Waals surface area (Å²) < 4.78 is 23.2. The third kappa shape index (κ3) is 3.62. The Hall–Kier alpha value is -1.87. The monoisotopic (exact) mass is 329 g/mol. The van der Waals surface area contributed by atoms with Gasteiger partial charge >= 0.3 is 27.5 Å². The van der Waals surface area contributed by atoms with Crippen LogP contribution in [-0.2, 0) is 19.5 Å². The van der Waals surface area contributed by atoms with Gasteiger partial charge in [0.2, 0.25) is 0 Å². The van der Waals surface area contributed by atoms with E-state index in [2.05, 4.69) is 10.3 Å². The fraction of sp³-hybridized carbons (Fsp3) is 0.250. The van der Waals surface area contributed by atoms with Crippen molar-refractivity contribution in [1.29, 1.82) is 0 Å². The van der Waals surface area contributed by atoms with Gasteiger partial charge in [-0.05, 0) is 6.08 Å². The Morgan fingerprint density at radius 2 is 2.19 bits per heavy atom. The number of nitro groups is 1. The van der Waals surface area contributed by atoms with Crippen molar-refractivity contribution in [3.8, 4) is 0 Å². The van der Waals surface area contributed by atoms with Crippen molar-refractivity contribution in [3.63, 3.8) is 0 Å². The molecule has 0 amide bonds. The molecule has 0 saturated heterocycles. The second-order valence-electron chi connectivity index (χ2n) is 4.31. The van der Waals surface area contributed by atoms with Crippen LogP contribution in [0.15, 0.2) is 52.3 Å². The SMILES string of the molecule is O=[N+]([O-])C1=CC2C=CC=NC2C2=C1C=CC[N-]2.[O]=[V]([OH])[OH]. The third-order valence-electron chi connectivity index (χ3n) is 3.06. The van der Waals surface area contributed by atoms with Crippen LogP contribution < -0.4 is 0 Å². The zero-order chi connectivity index (χ0) is 15.4. The van der Waals surface area contributed by atoms with Crippen LogP contribution in [0, 0.1) is 16.0 Å². The van der Waals surface area contributed by atoms with Crippen LogP contribution in [0.2, 0.25) is 0 Å². The average Bonchev–Trinajstić information content (AvgIpc) is 2.45. The molecule has 2 atom stereocenters. The second-order valence-corrected chi connectivity index (χ2v) is 5.10. The Morgan fingerprint density at radius 3 is 2.86 bits per heavy atom. The van der Waals surface area contributed by atoms with Crippen LogP contribution in [0.1, 0.15) is 0 Å². The van der Waals surface area contributed by atoms with Gasteiger partial charge in [-0.1, -0.05) is 12.2 Å². The fourth-order valence-corrected chi connectivity index (χ4v) is 2.32. The summed E-state index contributed by atoms with van der Waals surface area (Å²) >= 11 is -3.44. The summed E-state index contributed by atoms with van der Waals surface area (Å²) in [6, 6.07) is -0.0938. The number of aliphatic imine (C=N–C) groups is 1. The first-order chi connectivity index (χ1) is 10.0. The third-order valence-corrected chi connectivity index (χ3v) is 3.06. The van der Waals surface area contributed by atoms with Crippen molar-refractivity contribution in [3.05, 3.63) is 62.8 Å². The first kappa shape index (κ1) is 15.5. The van der Waals surface area contributed by atoms with Crippen LogP contribution in [0.25, 0.3) is 5.32 Å². The molecule has 0 spiro atoms. The number of fused-ring (bicyclic) bond motifs is 2. The Balaban J connectivity index is 0.000000361. The first-order valence-corrected chi connectivity index (χ1v) is 7.82. The van der Waals surface area contributed by atoms with E-state index in [0.29, 0.717) is 12.1 Å². The average molecular weight is 329 g/mol. The van der Waals surface area contributed by atoms with E-state index in [1.807, 2.05) is 18.2 Å². The summed E-state index contributed by atoms with van der Waals surface area (Å²) in [4.78, 5) is 15.1. The van der Waals surface area contributed by atoms with Crippen LogP contribution in [-0.4, -0.2) is 31.8 Å². The molecule has 2 aliphatic heterocycles. The number of rotatable bonds is 1. The molecule has 2 N–H and O–H groups in total. The maximum absolute atomic E-state index is 11.0. The summed E-state index contributed by atoms with van der Waals surface area (Å²) in [6.45, 7) is 0.576. The van der Waals surface area contributed by atoms with Crippen molar-refractivity contribution in [2.75, 3.05) is 6.54 Å². The molecule has 0 saturated carbocycles. The topological polar surface area (TPSA) is 127 Å². The molecule has 2 heterocycles. The van der Waals surface area contributed by atoms with E-state index in [1.165, 1.54) is 0 Å². The minimum atomic E-state index is -3.44. The molecule has 2 unspecified atom stereocenters. The molecular weight excluding hydrogens is 317 g/mol. The Labute approximate surface area is 125 Å². The van der Waals surface area contributed by atoms with Crippen molar-refractivity contribution in [1.82, 2.24) is 0 Å². The molecule has 0 fully saturated rings. The number of allylic oxidation sites excluding steroid dienone is 2. The van der Waals surface area contributed by atoms with E-state index in [0.717, 1.165) is 5.70 Å². The summed E-state index contributed by atoms with van der Waals surface area (Å²) in [5.74, 6) is -0.0469. The quantitative estimate of drug-likeness (QED) is 0.542. The van der Waals surface area contributed by atoms with Gasteiger partial charge in [-0.25, -0.2) is 0 Å².